The first kappa shape index (κ1) is 23.9. The summed E-state index contributed by atoms with van der Waals surface area (Å²) < 4.78 is 0. The van der Waals surface area contributed by atoms with Crippen molar-refractivity contribution in [2.24, 2.45) is 0 Å². The molecule has 0 saturated heterocycles. The zero-order valence-electron chi connectivity index (χ0n) is 20.6. The molecule has 9 heteroatoms. The molecule has 3 amide bonds. The van der Waals surface area contributed by atoms with Crippen LogP contribution in [0.4, 0.5) is 21.9 Å². The molecule has 0 radical (unpaired) electrons. The van der Waals surface area contributed by atoms with Gasteiger partial charge in [-0.15, -0.1) is 11.3 Å². The first-order chi connectivity index (χ1) is 18.5. The van der Waals surface area contributed by atoms with Crippen LogP contribution in [0.5, 0.6) is 0 Å². The van der Waals surface area contributed by atoms with E-state index >= 15 is 0 Å². The summed E-state index contributed by atoms with van der Waals surface area (Å²) in [6.07, 6.45) is 7.53. The molecule has 0 bridgehead atoms. The van der Waals surface area contributed by atoms with Crippen molar-refractivity contribution in [3.05, 3.63) is 85.0 Å². The summed E-state index contributed by atoms with van der Waals surface area (Å²) in [4.78, 5) is 37.8. The van der Waals surface area contributed by atoms with E-state index in [1.807, 2.05) is 48.5 Å². The fourth-order valence-electron chi connectivity index (χ4n) is 5.22. The highest BCUT2D eigenvalue weighted by Gasteiger charge is 2.33. The lowest BCUT2D eigenvalue weighted by atomic mass is 10.1. The quantitative estimate of drug-likeness (QED) is 0.266. The topological polar surface area (TPSA) is 99.2 Å². The van der Waals surface area contributed by atoms with Gasteiger partial charge in [0, 0.05) is 35.7 Å². The molecule has 6 rings (SSSR count). The van der Waals surface area contributed by atoms with Crippen molar-refractivity contribution >= 4 is 56.3 Å². The number of nitrogens with zero attached hydrogens (tertiary/aromatic N) is 3. The number of thiophene rings is 1. The van der Waals surface area contributed by atoms with E-state index in [1.54, 1.807) is 17.3 Å². The molecule has 1 aliphatic heterocycles. The third-order valence-corrected chi connectivity index (χ3v) is 8.14. The molecule has 0 spiro atoms. The monoisotopic (exact) mass is 522 g/mol. The van der Waals surface area contributed by atoms with Gasteiger partial charge >= 0.3 is 6.03 Å². The molecule has 8 nitrogen and oxygen atoms in total. The third-order valence-electron chi connectivity index (χ3n) is 6.98. The number of aromatic nitrogens is 2. The average Bonchev–Trinajstić information content (AvgIpc) is 3.54. The number of anilines is 3. The van der Waals surface area contributed by atoms with Crippen LogP contribution in [-0.2, 0) is 4.79 Å². The van der Waals surface area contributed by atoms with E-state index in [0.717, 1.165) is 51.3 Å². The van der Waals surface area contributed by atoms with Crippen LogP contribution in [0, 0.1) is 0 Å². The Labute approximate surface area is 224 Å². The second-order valence-corrected chi connectivity index (χ2v) is 10.3. The van der Waals surface area contributed by atoms with Crippen LogP contribution < -0.4 is 20.9 Å². The molecular weight excluding hydrogens is 496 g/mol. The van der Waals surface area contributed by atoms with Gasteiger partial charge in [0.05, 0.1) is 33.0 Å². The number of rotatable bonds is 7. The molecular formula is C29H26N6O2S. The molecule has 38 heavy (non-hydrogen) atoms. The minimum atomic E-state index is -0.264. The van der Waals surface area contributed by atoms with Crippen molar-refractivity contribution in [3.63, 3.8) is 0 Å². The Hall–Kier alpha value is -4.50. The largest absolute Gasteiger partial charge is 0.380 e. The van der Waals surface area contributed by atoms with Crippen LogP contribution in [0.1, 0.15) is 24.1 Å². The fraction of sp³-hybridized carbons (Fsp3) is 0.172. The first-order valence-corrected chi connectivity index (χ1v) is 13.3. The normalized spacial score (nSPS) is 18.2. The van der Waals surface area contributed by atoms with E-state index in [0.29, 0.717) is 17.1 Å². The number of hydrogen-bond acceptors (Lipinski definition) is 6. The van der Waals surface area contributed by atoms with Crippen LogP contribution in [-0.4, -0.2) is 34.0 Å². The van der Waals surface area contributed by atoms with Crippen LogP contribution in [0.3, 0.4) is 0 Å². The maximum absolute atomic E-state index is 13.5. The summed E-state index contributed by atoms with van der Waals surface area (Å²) in [6, 6.07) is 15.2. The SMILES string of the molecule is C=CC(=O)NC1CCCC1NC(=C)c1sc2nccc3c2c1NC(=O)N3c1ccnc(-c2ccccc2)c1. The van der Waals surface area contributed by atoms with Crippen molar-refractivity contribution in [2.75, 3.05) is 10.2 Å². The van der Waals surface area contributed by atoms with E-state index in [4.69, 9.17) is 0 Å². The molecule has 4 aromatic rings. The van der Waals surface area contributed by atoms with E-state index in [2.05, 4.69) is 39.1 Å². The van der Waals surface area contributed by atoms with Crippen molar-refractivity contribution in [3.8, 4) is 11.3 Å². The number of hydrogen-bond donors (Lipinski definition) is 3. The van der Waals surface area contributed by atoms with Gasteiger partial charge in [0.15, 0.2) is 0 Å². The number of carbonyl (C=O) groups excluding carboxylic acids is 2. The molecule has 2 atom stereocenters. The molecule has 2 aliphatic rings. The van der Waals surface area contributed by atoms with E-state index in [-0.39, 0.29) is 24.0 Å². The van der Waals surface area contributed by atoms with Gasteiger partial charge in [-0.25, -0.2) is 9.78 Å². The fourth-order valence-corrected chi connectivity index (χ4v) is 6.27. The highest BCUT2D eigenvalue weighted by molar-refractivity contribution is 7.20. The molecule has 1 aromatic carbocycles. The molecule has 1 aliphatic carbocycles. The Bertz CT molecular complexity index is 1580. The molecule has 4 heterocycles. The lowest BCUT2D eigenvalue weighted by molar-refractivity contribution is -0.117. The minimum absolute atomic E-state index is 0.00717. The lowest BCUT2D eigenvalue weighted by Gasteiger charge is -2.29. The highest BCUT2D eigenvalue weighted by Crippen LogP contribution is 2.47. The van der Waals surface area contributed by atoms with Gasteiger partial charge < -0.3 is 16.0 Å². The van der Waals surface area contributed by atoms with Gasteiger partial charge in [-0.1, -0.05) is 43.5 Å². The van der Waals surface area contributed by atoms with Crippen molar-refractivity contribution in [2.45, 2.75) is 31.3 Å². The van der Waals surface area contributed by atoms with Crippen molar-refractivity contribution < 1.29 is 9.59 Å². The van der Waals surface area contributed by atoms with Gasteiger partial charge in [-0.2, -0.15) is 0 Å². The Balaban J connectivity index is 1.34. The molecule has 1 saturated carbocycles. The summed E-state index contributed by atoms with van der Waals surface area (Å²) in [5.41, 5.74) is 4.63. The van der Waals surface area contributed by atoms with Gasteiger partial charge in [0.2, 0.25) is 5.91 Å². The number of benzene rings is 1. The maximum Gasteiger partial charge on any atom is 0.331 e. The van der Waals surface area contributed by atoms with Gasteiger partial charge in [0.25, 0.3) is 0 Å². The van der Waals surface area contributed by atoms with Gasteiger partial charge in [-0.05, 0) is 43.5 Å². The number of pyridine rings is 2. The van der Waals surface area contributed by atoms with Gasteiger partial charge in [0.1, 0.15) is 4.83 Å². The van der Waals surface area contributed by atoms with Crippen LogP contribution >= 0.6 is 11.3 Å². The molecule has 190 valence electrons. The lowest BCUT2D eigenvalue weighted by Crippen LogP contribution is -2.45. The van der Waals surface area contributed by atoms with Crippen LogP contribution in [0.25, 0.3) is 27.2 Å². The van der Waals surface area contributed by atoms with Gasteiger partial charge in [-0.3, -0.25) is 14.7 Å². The minimum Gasteiger partial charge on any atom is -0.380 e. The Morgan fingerprint density at radius 3 is 2.63 bits per heavy atom. The summed E-state index contributed by atoms with van der Waals surface area (Å²) in [5, 5.41) is 10.5. The molecule has 3 aromatic heterocycles. The third kappa shape index (κ3) is 4.20. The Kier molecular flexibility index (Phi) is 6.13. The van der Waals surface area contributed by atoms with Crippen LogP contribution in [0.2, 0.25) is 0 Å². The maximum atomic E-state index is 13.5. The molecule has 3 N–H and O–H groups in total. The summed E-state index contributed by atoms with van der Waals surface area (Å²) in [6.45, 7) is 7.84. The van der Waals surface area contributed by atoms with E-state index in [9.17, 15) is 9.59 Å². The molecule has 2 unspecified atom stereocenters. The Morgan fingerprint density at radius 1 is 1.08 bits per heavy atom. The van der Waals surface area contributed by atoms with Crippen molar-refractivity contribution in [1.82, 2.24) is 20.6 Å². The smallest absolute Gasteiger partial charge is 0.331 e. The zero-order chi connectivity index (χ0) is 26.2. The summed E-state index contributed by atoms with van der Waals surface area (Å²) >= 11 is 1.48. The first-order valence-electron chi connectivity index (χ1n) is 12.5. The predicted molar refractivity (Wildman–Crippen MR) is 152 cm³/mol. The van der Waals surface area contributed by atoms with E-state index in [1.165, 1.54) is 17.4 Å². The average molecular weight is 523 g/mol. The Morgan fingerprint density at radius 2 is 1.84 bits per heavy atom. The summed E-state index contributed by atoms with van der Waals surface area (Å²) in [7, 11) is 0. The standard InChI is InChI=1S/C29H26N6O2S/c1-3-24(36)33-21-11-7-10-20(21)32-17(2)27-26-25-23(13-15-31-28(25)38-27)35(29(37)34-26)19-12-14-30-22(16-19)18-8-5-4-6-9-18/h3-6,8-9,12-16,20-21,32H,1-2,7,10-11H2,(H,33,36)(H,34,37). The zero-order valence-corrected chi connectivity index (χ0v) is 21.4. The second-order valence-electron chi connectivity index (χ2n) is 9.33. The molecule has 1 fully saturated rings. The number of carbonyl (C=O) groups is 2. The summed E-state index contributed by atoms with van der Waals surface area (Å²) in [5.74, 6) is -0.181. The highest BCUT2D eigenvalue weighted by atomic mass is 32.1. The van der Waals surface area contributed by atoms with Crippen molar-refractivity contribution in [1.29, 1.82) is 0 Å². The second kappa shape index (κ2) is 9.75. The number of nitrogens with one attached hydrogen (secondary N) is 3. The number of amides is 3. The van der Waals surface area contributed by atoms with E-state index < -0.39 is 0 Å². The predicted octanol–water partition coefficient (Wildman–Crippen LogP) is 5.83. The number of urea groups is 1. The van der Waals surface area contributed by atoms with Crippen LogP contribution in [0.15, 0.2) is 80.2 Å².